The highest BCUT2D eigenvalue weighted by molar-refractivity contribution is 7.99. The molecule has 2 atom stereocenters. The maximum Gasteiger partial charge on any atom is 0.116 e. The molecular weight excluding hydrogens is 194 g/mol. The first-order chi connectivity index (χ1) is 6.75. The molecule has 1 aromatic rings. The van der Waals surface area contributed by atoms with E-state index in [1.165, 1.54) is 24.8 Å². The molecule has 0 saturated heterocycles. The van der Waals surface area contributed by atoms with Gasteiger partial charge in [0.15, 0.2) is 0 Å². The van der Waals surface area contributed by atoms with Crippen molar-refractivity contribution in [2.75, 3.05) is 0 Å². The summed E-state index contributed by atoms with van der Waals surface area (Å²) in [4.78, 5) is 0. The third kappa shape index (κ3) is 2.34. The Bertz CT molecular complexity index is 297. The molecule has 2 unspecified atom stereocenters. The Morgan fingerprint density at radius 3 is 3.00 bits per heavy atom. The van der Waals surface area contributed by atoms with Gasteiger partial charge < -0.3 is 10.2 Å². The molecule has 1 fully saturated rings. The van der Waals surface area contributed by atoms with Crippen LogP contribution in [0.4, 0.5) is 0 Å². The fourth-order valence-electron chi connectivity index (χ4n) is 1.87. The summed E-state index contributed by atoms with van der Waals surface area (Å²) in [5.41, 5.74) is 7.13. The fraction of sp³-hybridized carbons (Fsp3) is 0.636. The van der Waals surface area contributed by atoms with Gasteiger partial charge >= 0.3 is 0 Å². The average Bonchev–Trinajstić information content (AvgIpc) is 2.72. The molecule has 0 aliphatic heterocycles. The standard InChI is InChI=1S/C11H17NOS/c1-8-4-5-13-11(8)7-14-10-3-2-9(12)6-10/h4-5,9-10H,2-3,6-7,12H2,1H3. The maximum absolute atomic E-state index is 5.87. The maximum atomic E-state index is 5.87. The van der Waals surface area contributed by atoms with Gasteiger partial charge in [-0.25, -0.2) is 0 Å². The highest BCUT2D eigenvalue weighted by atomic mass is 32.2. The van der Waals surface area contributed by atoms with Crippen LogP contribution in [0.1, 0.15) is 30.6 Å². The van der Waals surface area contributed by atoms with Crippen LogP contribution in [-0.2, 0) is 5.75 Å². The van der Waals surface area contributed by atoms with Crippen molar-refractivity contribution in [3.8, 4) is 0 Å². The first-order valence-corrected chi connectivity index (χ1v) is 6.20. The van der Waals surface area contributed by atoms with Crippen LogP contribution >= 0.6 is 11.8 Å². The Labute approximate surface area is 89.2 Å². The van der Waals surface area contributed by atoms with Crippen molar-refractivity contribution in [1.29, 1.82) is 0 Å². The Kier molecular flexibility index (Phi) is 3.19. The van der Waals surface area contributed by atoms with E-state index in [2.05, 4.69) is 6.92 Å². The van der Waals surface area contributed by atoms with E-state index in [1.807, 2.05) is 17.8 Å². The molecule has 2 nitrogen and oxygen atoms in total. The van der Waals surface area contributed by atoms with E-state index in [9.17, 15) is 0 Å². The molecule has 3 heteroatoms. The first-order valence-electron chi connectivity index (χ1n) is 5.16. The van der Waals surface area contributed by atoms with Gasteiger partial charge in [0.1, 0.15) is 5.76 Å². The van der Waals surface area contributed by atoms with Crippen molar-refractivity contribution in [2.24, 2.45) is 5.73 Å². The van der Waals surface area contributed by atoms with E-state index in [1.54, 1.807) is 6.26 Å². The van der Waals surface area contributed by atoms with Gasteiger partial charge in [0.2, 0.25) is 0 Å². The number of rotatable bonds is 3. The number of furan rings is 1. The van der Waals surface area contributed by atoms with Crippen LogP contribution in [0, 0.1) is 6.92 Å². The summed E-state index contributed by atoms with van der Waals surface area (Å²) >= 11 is 1.99. The Balaban J connectivity index is 1.80. The van der Waals surface area contributed by atoms with Crippen LogP contribution in [-0.4, -0.2) is 11.3 Å². The average molecular weight is 211 g/mol. The predicted molar refractivity (Wildman–Crippen MR) is 60.4 cm³/mol. The van der Waals surface area contributed by atoms with Crippen LogP contribution in [0.5, 0.6) is 0 Å². The second kappa shape index (κ2) is 4.41. The summed E-state index contributed by atoms with van der Waals surface area (Å²) in [7, 11) is 0. The topological polar surface area (TPSA) is 39.2 Å². The predicted octanol–water partition coefficient (Wildman–Crippen LogP) is 2.70. The van der Waals surface area contributed by atoms with Crippen LogP contribution < -0.4 is 5.73 Å². The minimum Gasteiger partial charge on any atom is -0.468 e. The quantitative estimate of drug-likeness (QED) is 0.835. The molecule has 1 aromatic heterocycles. The van der Waals surface area contributed by atoms with Crippen LogP contribution in [0.15, 0.2) is 16.7 Å². The SMILES string of the molecule is Cc1ccoc1CSC1CCC(N)C1. The van der Waals surface area contributed by atoms with Gasteiger partial charge in [-0.3, -0.25) is 0 Å². The Morgan fingerprint density at radius 2 is 2.43 bits per heavy atom. The third-order valence-corrected chi connectivity index (χ3v) is 4.17. The second-order valence-electron chi connectivity index (χ2n) is 4.03. The molecule has 78 valence electrons. The molecular formula is C11H17NOS. The first kappa shape index (κ1) is 10.1. The zero-order valence-electron chi connectivity index (χ0n) is 8.53. The van der Waals surface area contributed by atoms with Gasteiger partial charge in [-0.05, 0) is 37.8 Å². The zero-order chi connectivity index (χ0) is 9.97. The molecule has 1 saturated carbocycles. The summed E-state index contributed by atoms with van der Waals surface area (Å²) in [5.74, 6) is 2.12. The van der Waals surface area contributed by atoms with Crippen molar-refractivity contribution < 1.29 is 4.42 Å². The summed E-state index contributed by atoms with van der Waals surface area (Å²) in [5, 5.41) is 0.745. The van der Waals surface area contributed by atoms with E-state index in [0.29, 0.717) is 6.04 Å². The largest absolute Gasteiger partial charge is 0.468 e. The molecule has 2 rings (SSSR count). The van der Waals surface area contributed by atoms with E-state index in [-0.39, 0.29) is 0 Å². The third-order valence-electron chi connectivity index (χ3n) is 2.84. The van der Waals surface area contributed by atoms with Crippen LogP contribution in [0.25, 0.3) is 0 Å². The number of nitrogens with two attached hydrogens (primary N) is 1. The van der Waals surface area contributed by atoms with Gasteiger partial charge in [0, 0.05) is 11.3 Å². The van der Waals surface area contributed by atoms with Crippen LogP contribution in [0.2, 0.25) is 0 Å². The number of thioether (sulfide) groups is 1. The number of aryl methyl sites for hydroxylation is 1. The van der Waals surface area contributed by atoms with E-state index >= 15 is 0 Å². The minimum absolute atomic E-state index is 0.435. The lowest BCUT2D eigenvalue weighted by Gasteiger charge is -2.07. The highest BCUT2D eigenvalue weighted by Crippen LogP contribution is 2.31. The van der Waals surface area contributed by atoms with Gasteiger partial charge in [0.25, 0.3) is 0 Å². The highest BCUT2D eigenvalue weighted by Gasteiger charge is 2.22. The molecule has 0 spiro atoms. The number of hydrogen-bond acceptors (Lipinski definition) is 3. The molecule has 1 aliphatic rings. The normalized spacial score (nSPS) is 27.0. The summed E-state index contributed by atoms with van der Waals surface area (Å²) < 4.78 is 5.40. The lowest BCUT2D eigenvalue weighted by Crippen LogP contribution is -2.15. The van der Waals surface area contributed by atoms with Crippen LogP contribution in [0.3, 0.4) is 0 Å². The van der Waals surface area contributed by atoms with Crippen molar-refractivity contribution in [2.45, 2.75) is 43.2 Å². The monoisotopic (exact) mass is 211 g/mol. The zero-order valence-corrected chi connectivity index (χ0v) is 9.35. The van der Waals surface area contributed by atoms with Gasteiger partial charge in [0.05, 0.1) is 12.0 Å². The molecule has 0 radical (unpaired) electrons. The second-order valence-corrected chi connectivity index (χ2v) is 5.32. The van der Waals surface area contributed by atoms with Gasteiger partial charge in [-0.15, -0.1) is 0 Å². The molecule has 14 heavy (non-hydrogen) atoms. The molecule has 1 heterocycles. The summed E-state index contributed by atoms with van der Waals surface area (Å²) in [6.07, 6.45) is 5.40. The molecule has 2 N–H and O–H groups in total. The smallest absolute Gasteiger partial charge is 0.116 e. The number of hydrogen-bond donors (Lipinski definition) is 1. The lowest BCUT2D eigenvalue weighted by molar-refractivity contribution is 0.527. The van der Waals surface area contributed by atoms with Crippen molar-refractivity contribution in [3.05, 3.63) is 23.7 Å². The molecule has 0 bridgehead atoms. The lowest BCUT2D eigenvalue weighted by atomic mass is 10.3. The summed E-state index contributed by atoms with van der Waals surface area (Å²) in [6.45, 7) is 2.10. The fourth-order valence-corrected chi connectivity index (χ4v) is 3.24. The van der Waals surface area contributed by atoms with E-state index < -0.39 is 0 Å². The van der Waals surface area contributed by atoms with Gasteiger partial charge in [-0.1, -0.05) is 0 Å². The van der Waals surface area contributed by atoms with Crippen molar-refractivity contribution in [1.82, 2.24) is 0 Å². The molecule has 0 amide bonds. The Hall–Kier alpha value is -0.410. The van der Waals surface area contributed by atoms with Crippen molar-refractivity contribution >= 4 is 11.8 Å². The van der Waals surface area contributed by atoms with Crippen molar-refractivity contribution in [3.63, 3.8) is 0 Å². The van der Waals surface area contributed by atoms with Gasteiger partial charge in [-0.2, -0.15) is 11.8 Å². The van der Waals surface area contributed by atoms with E-state index in [0.717, 1.165) is 16.8 Å². The minimum atomic E-state index is 0.435. The van der Waals surface area contributed by atoms with E-state index in [4.69, 9.17) is 10.2 Å². The Morgan fingerprint density at radius 1 is 1.57 bits per heavy atom. The molecule has 0 aromatic carbocycles. The summed E-state index contributed by atoms with van der Waals surface area (Å²) in [6, 6.07) is 2.46. The molecule has 1 aliphatic carbocycles.